The summed E-state index contributed by atoms with van der Waals surface area (Å²) < 4.78 is 0. The van der Waals surface area contributed by atoms with Crippen LogP contribution in [0.1, 0.15) is 21.5 Å². The Morgan fingerprint density at radius 3 is 2.74 bits per heavy atom. The van der Waals surface area contributed by atoms with Crippen molar-refractivity contribution in [2.45, 2.75) is 6.42 Å². The van der Waals surface area contributed by atoms with Crippen LogP contribution in [0.5, 0.6) is 0 Å². The molecule has 0 spiro atoms. The SMILES string of the molecule is C=CCN1CCc2cc(-c3ccccc3C=O)ccc2C1=C=O. The Morgan fingerprint density at radius 2 is 2.00 bits per heavy atom. The van der Waals surface area contributed by atoms with Gasteiger partial charge in [-0.25, -0.2) is 4.79 Å². The molecule has 0 amide bonds. The normalized spacial score (nSPS) is 13.2. The Morgan fingerprint density at radius 1 is 1.17 bits per heavy atom. The van der Waals surface area contributed by atoms with Crippen molar-refractivity contribution >= 4 is 17.9 Å². The number of benzene rings is 2. The van der Waals surface area contributed by atoms with E-state index < -0.39 is 0 Å². The number of aldehydes is 1. The van der Waals surface area contributed by atoms with Crippen LogP contribution in [0.15, 0.2) is 55.1 Å². The predicted octanol–water partition coefficient (Wildman–Crippen LogP) is 3.38. The molecule has 3 nitrogen and oxygen atoms in total. The molecule has 23 heavy (non-hydrogen) atoms. The van der Waals surface area contributed by atoms with Gasteiger partial charge in [-0.2, -0.15) is 0 Å². The highest BCUT2D eigenvalue weighted by atomic mass is 16.1. The second kappa shape index (κ2) is 6.47. The lowest BCUT2D eigenvalue weighted by atomic mass is 9.91. The summed E-state index contributed by atoms with van der Waals surface area (Å²) in [6, 6.07) is 13.5. The molecular weight excluding hydrogens is 286 g/mol. The molecule has 0 saturated carbocycles. The first-order valence-corrected chi connectivity index (χ1v) is 7.57. The summed E-state index contributed by atoms with van der Waals surface area (Å²) in [6.45, 7) is 5.14. The number of fused-ring (bicyclic) bond motifs is 1. The van der Waals surface area contributed by atoms with Gasteiger partial charge in [0.05, 0.1) is 0 Å². The van der Waals surface area contributed by atoms with Gasteiger partial charge in [0.1, 0.15) is 5.70 Å². The van der Waals surface area contributed by atoms with Gasteiger partial charge in [0.25, 0.3) is 0 Å². The lowest BCUT2D eigenvalue weighted by Crippen LogP contribution is -2.30. The molecule has 0 bridgehead atoms. The van der Waals surface area contributed by atoms with Gasteiger partial charge in [-0.1, -0.05) is 48.5 Å². The van der Waals surface area contributed by atoms with Gasteiger partial charge >= 0.3 is 0 Å². The smallest absolute Gasteiger partial charge is 0.151 e. The molecule has 0 aromatic heterocycles. The first-order valence-electron chi connectivity index (χ1n) is 7.57. The highest BCUT2D eigenvalue weighted by Gasteiger charge is 2.21. The molecule has 0 atom stereocenters. The quantitative estimate of drug-likeness (QED) is 0.493. The first-order chi connectivity index (χ1) is 11.3. The van der Waals surface area contributed by atoms with Crippen molar-refractivity contribution in [1.29, 1.82) is 0 Å². The fraction of sp³-hybridized carbons (Fsp3) is 0.150. The van der Waals surface area contributed by atoms with Gasteiger partial charge in [0.15, 0.2) is 12.2 Å². The second-order valence-corrected chi connectivity index (χ2v) is 5.51. The van der Waals surface area contributed by atoms with Crippen LogP contribution >= 0.6 is 0 Å². The standard InChI is InChI=1S/C20H17NO2/c1-2-10-21-11-9-16-12-15(7-8-19(16)20(21)14-23)18-6-4-3-5-17(18)13-22/h2-8,12-13H,1,9-11H2. The lowest BCUT2D eigenvalue weighted by molar-refractivity contribution is 0.112. The van der Waals surface area contributed by atoms with Crippen molar-refractivity contribution in [3.8, 4) is 11.1 Å². The highest BCUT2D eigenvalue weighted by Crippen LogP contribution is 2.31. The van der Waals surface area contributed by atoms with Gasteiger partial charge in [-0.15, -0.1) is 6.58 Å². The van der Waals surface area contributed by atoms with E-state index in [1.165, 1.54) is 0 Å². The molecule has 1 aliphatic heterocycles. The van der Waals surface area contributed by atoms with Gasteiger partial charge in [0, 0.05) is 24.2 Å². The zero-order chi connectivity index (χ0) is 16.2. The van der Waals surface area contributed by atoms with Gasteiger partial charge < -0.3 is 4.90 Å². The summed E-state index contributed by atoms with van der Waals surface area (Å²) in [5, 5.41) is 0. The van der Waals surface area contributed by atoms with Crippen LogP contribution in [0.25, 0.3) is 16.8 Å². The van der Waals surface area contributed by atoms with Crippen LogP contribution < -0.4 is 0 Å². The van der Waals surface area contributed by atoms with E-state index in [4.69, 9.17) is 0 Å². The summed E-state index contributed by atoms with van der Waals surface area (Å²) in [7, 11) is 0. The van der Waals surface area contributed by atoms with Crippen LogP contribution in [0.3, 0.4) is 0 Å². The van der Waals surface area contributed by atoms with Crippen LogP contribution in [-0.4, -0.2) is 30.2 Å². The van der Waals surface area contributed by atoms with Crippen molar-refractivity contribution in [2.75, 3.05) is 13.1 Å². The fourth-order valence-corrected chi connectivity index (χ4v) is 3.06. The number of carbonyl (C=O) groups is 1. The zero-order valence-electron chi connectivity index (χ0n) is 12.8. The van der Waals surface area contributed by atoms with Crippen LogP contribution in [0.4, 0.5) is 0 Å². The number of nitrogens with zero attached hydrogens (tertiary/aromatic N) is 1. The van der Waals surface area contributed by atoms with Crippen LogP contribution in [-0.2, 0) is 11.2 Å². The Hall–Kier alpha value is -2.90. The fourth-order valence-electron chi connectivity index (χ4n) is 3.06. The summed E-state index contributed by atoms with van der Waals surface area (Å²) in [5.41, 5.74) is 5.19. The third kappa shape index (κ3) is 2.75. The Labute approximate surface area is 135 Å². The minimum absolute atomic E-state index is 0.585. The monoisotopic (exact) mass is 303 g/mol. The first kappa shape index (κ1) is 15.0. The Kier molecular flexibility index (Phi) is 4.22. The van der Waals surface area contributed by atoms with Crippen molar-refractivity contribution in [2.24, 2.45) is 0 Å². The van der Waals surface area contributed by atoms with E-state index in [9.17, 15) is 9.59 Å². The van der Waals surface area contributed by atoms with Crippen molar-refractivity contribution in [3.63, 3.8) is 0 Å². The highest BCUT2D eigenvalue weighted by molar-refractivity contribution is 5.91. The topological polar surface area (TPSA) is 37.4 Å². The third-order valence-electron chi connectivity index (χ3n) is 4.17. The third-order valence-corrected chi connectivity index (χ3v) is 4.17. The minimum atomic E-state index is 0.585. The van der Waals surface area contributed by atoms with Crippen molar-refractivity contribution < 1.29 is 9.59 Å². The van der Waals surface area contributed by atoms with E-state index in [2.05, 4.69) is 18.6 Å². The Bertz CT molecular complexity index is 816. The van der Waals surface area contributed by atoms with E-state index >= 15 is 0 Å². The predicted molar refractivity (Wildman–Crippen MR) is 91.8 cm³/mol. The van der Waals surface area contributed by atoms with E-state index in [0.717, 1.165) is 41.5 Å². The van der Waals surface area contributed by atoms with E-state index in [1.54, 1.807) is 6.08 Å². The van der Waals surface area contributed by atoms with Gasteiger partial charge in [0.2, 0.25) is 0 Å². The largest absolute Gasteiger partial charge is 0.358 e. The molecule has 0 aliphatic carbocycles. The lowest BCUT2D eigenvalue weighted by Gasteiger charge is -2.30. The zero-order valence-corrected chi connectivity index (χ0v) is 12.8. The molecular formula is C20H17NO2. The van der Waals surface area contributed by atoms with Gasteiger partial charge in [-0.3, -0.25) is 4.79 Å². The molecule has 3 heteroatoms. The molecule has 0 fully saturated rings. The van der Waals surface area contributed by atoms with E-state index in [-0.39, 0.29) is 0 Å². The molecule has 2 aromatic carbocycles. The maximum atomic E-state index is 11.4. The van der Waals surface area contributed by atoms with Crippen LogP contribution in [0.2, 0.25) is 0 Å². The molecule has 1 aliphatic rings. The summed E-state index contributed by atoms with van der Waals surface area (Å²) in [4.78, 5) is 24.6. The second-order valence-electron chi connectivity index (χ2n) is 5.51. The molecule has 0 N–H and O–H groups in total. The Balaban J connectivity index is 2.06. The van der Waals surface area contributed by atoms with E-state index in [0.29, 0.717) is 17.8 Å². The van der Waals surface area contributed by atoms with E-state index in [1.807, 2.05) is 41.3 Å². The molecule has 114 valence electrons. The molecule has 1 heterocycles. The summed E-state index contributed by atoms with van der Waals surface area (Å²) >= 11 is 0. The maximum absolute atomic E-state index is 11.4. The molecule has 0 unspecified atom stereocenters. The summed E-state index contributed by atoms with van der Waals surface area (Å²) in [6.07, 6.45) is 3.51. The number of hydrogen-bond acceptors (Lipinski definition) is 3. The average molecular weight is 303 g/mol. The number of carbonyl (C=O) groups excluding carboxylic acids is 2. The number of hydrogen-bond donors (Lipinski definition) is 0. The molecule has 2 aromatic rings. The van der Waals surface area contributed by atoms with Gasteiger partial charge in [-0.05, 0) is 23.1 Å². The van der Waals surface area contributed by atoms with Crippen molar-refractivity contribution in [1.82, 2.24) is 4.90 Å². The summed E-state index contributed by atoms with van der Waals surface area (Å²) in [5.74, 6) is 2.07. The van der Waals surface area contributed by atoms with Crippen molar-refractivity contribution in [3.05, 3.63) is 71.8 Å². The molecule has 0 saturated heterocycles. The van der Waals surface area contributed by atoms with Crippen LogP contribution in [0, 0.1) is 0 Å². The molecule has 0 radical (unpaired) electrons. The minimum Gasteiger partial charge on any atom is -0.358 e. The number of rotatable bonds is 4. The maximum Gasteiger partial charge on any atom is 0.151 e. The average Bonchev–Trinajstić information content (AvgIpc) is 2.61. The molecule has 3 rings (SSSR count).